The van der Waals surface area contributed by atoms with E-state index < -0.39 is 6.04 Å². The maximum Gasteiger partial charge on any atom is 0.261 e. The maximum absolute atomic E-state index is 13.1. The number of ether oxygens (including phenoxy) is 1. The second-order valence-corrected chi connectivity index (χ2v) is 8.81. The molecule has 0 aliphatic heterocycles. The van der Waals surface area contributed by atoms with Crippen LogP contribution in [0.5, 0.6) is 5.75 Å². The third-order valence-electron chi connectivity index (χ3n) is 5.61. The van der Waals surface area contributed by atoms with Crippen LogP contribution in [0.2, 0.25) is 10.0 Å². The lowest BCUT2D eigenvalue weighted by Crippen LogP contribution is -2.50. The number of hydrogen-bond acceptors (Lipinski definition) is 3. The third kappa shape index (κ3) is 6.37. The highest BCUT2D eigenvalue weighted by atomic mass is 35.5. The number of carbonyl (C=O) groups excluding carboxylic acids is 2. The molecule has 0 radical (unpaired) electrons. The predicted molar refractivity (Wildman–Crippen MR) is 124 cm³/mol. The summed E-state index contributed by atoms with van der Waals surface area (Å²) in [4.78, 5) is 27.5. The monoisotopic (exact) mass is 462 g/mol. The molecule has 31 heavy (non-hydrogen) atoms. The number of carbonyl (C=O) groups is 2. The molecular weight excluding hydrogens is 435 g/mol. The van der Waals surface area contributed by atoms with Crippen molar-refractivity contribution in [2.75, 3.05) is 6.61 Å². The number of nitrogens with one attached hydrogen (secondary N) is 1. The van der Waals surface area contributed by atoms with Crippen molar-refractivity contribution in [1.82, 2.24) is 10.2 Å². The molecule has 1 saturated carbocycles. The Bertz CT molecular complexity index is 909. The SMILES string of the molecule is Cc1cccc(OCC(=O)N(Cc2c(Cl)cccc2Cl)[C@@H](C)C(=O)NC2CCCC2)c1. The zero-order chi connectivity index (χ0) is 22.4. The Labute approximate surface area is 193 Å². The minimum atomic E-state index is -0.693. The molecule has 0 unspecified atom stereocenters. The molecule has 0 heterocycles. The normalized spacial score (nSPS) is 14.8. The van der Waals surface area contributed by atoms with Crippen molar-refractivity contribution in [3.05, 3.63) is 63.6 Å². The molecule has 0 aromatic heterocycles. The van der Waals surface area contributed by atoms with Gasteiger partial charge in [0.2, 0.25) is 5.91 Å². The van der Waals surface area contributed by atoms with Gasteiger partial charge in [0.05, 0.1) is 0 Å². The first-order valence-corrected chi connectivity index (χ1v) is 11.3. The highest BCUT2D eigenvalue weighted by molar-refractivity contribution is 6.36. The smallest absolute Gasteiger partial charge is 0.261 e. The van der Waals surface area contributed by atoms with E-state index in [-0.39, 0.29) is 31.0 Å². The molecule has 2 amide bonds. The van der Waals surface area contributed by atoms with Crippen molar-refractivity contribution < 1.29 is 14.3 Å². The minimum absolute atomic E-state index is 0.119. The highest BCUT2D eigenvalue weighted by Crippen LogP contribution is 2.27. The summed E-state index contributed by atoms with van der Waals surface area (Å²) >= 11 is 12.7. The molecule has 3 rings (SSSR count). The molecule has 0 spiro atoms. The topological polar surface area (TPSA) is 58.6 Å². The van der Waals surface area contributed by atoms with Crippen molar-refractivity contribution in [3.63, 3.8) is 0 Å². The molecule has 1 atom stereocenters. The minimum Gasteiger partial charge on any atom is -0.484 e. The van der Waals surface area contributed by atoms with Crippen LogP contribution in [-0.2, 0) is 16.1 Å². The summed E-state index contributed by atoms with van der Waals surface area (Å²) < 4.78 is 5.70. The predicted octanol–water partition coefficient (Wildman–Crippen LogP) is 5.16. The van der Waals surface area contributed by atoms with Crippen LogP contribution in [-0.4, -0.2) is 35.4 Å². The summed E-state index contributed by atoms with van der Waals surface area (Å²) in [6, 6.07) is 12.1. The quantitative estimate of drug-likeness (QED) is 0.589. The van der Waals surface area contributed by atoms with Gasteiger partial charge in [0.1, 0.15) is 11.8 Å². The summed E-state index contributed by atoms with van der Waals surface area (Å²) in [5.74, 6) is 0.109. The fraction of sp³-hybridized carbons (Fsp3) is 0.417. The van der Waals surface area contributed by atoms with Crippen LogP contribution >= 0.6 is 23.2 Å². The van der Waals surface area contributed by atoms with Crippen LogP contribution < -0.4 is 10.1 Å². The molecule has 0 saturated heterocycles. The van der Waals surface area contributed by atoms with E-state index in [2.05, 4.69) is 5.32 Å². The average Bonchev–Trinajstić information content (AvgIpc) is 3.24. The largest absolute Gasteiger partial charge is 0.484 e. The van der Waals surface area contributed by atoms with Gasteiger partial charge in [-0.2, -0.15) is 0 Å². The van der Waals surface area contributed by atoms with Gasteiger partial charge in [-0.05, 0) is 56.5 Å². The lowest BCUT2D eigenvalue weighted by atomic mass is 10.1. The molecule has 0 bridgehead atoms. The molecule has 2 aromatic rings. The van der Waals surface area contributed by atoms with Gasteiger partial charge in [-0.25, -0.2) is 0 Å². The van der Waals surface area contributed by atoms with Gasteiger partial charge in [-0.15, -0.1) is 0 Å². The van der Waals surface area contributed by atoms with Gasteiger partial charge >= 0.3 is 0 Å². The van der Waals surface area contributed by atoms with Crippen LogP contribution in [0.3, 0.4) is 0 Å². The van der Waals surface area contributed by atoms with Crippen LogP contribution in [0.1, 0.15) is 43.7 Å². The van der Waals surface area contributed by atoms with E-state index >= 15 is 0 Å². The van der Waals surface area contributed by atoms with Gasteiger partial charge in [-0.1, -0.05) is 54.2 Å². The molecule has 1 fully saturated rings. The van der Waals surface area contributed by atoms with E-state index in [9.17, 15) is 9.59 Å². The Kier molecular flexibility index (Phi) is 8.22. The molecular formula is C24H28Cl2N2O3. The average molecular weight is 463 g/mol. The van der Waals surface area contributed by atoms with Crippen LogP contribution in [0, 0.1) is 6.92 Å². The third-order valence-corrected chi connectivity index (χ3v) is 6.32. The van der Waals surface area contributed by atoms with E-state index in [1.807, 2.05) is 25.1 Å². The first-order valence-electron chi connectivity index (χ1n) is 10.6. The number of nitrogens with zero attached hydrogens (tertiary/aromatic N) is 1. The summed E-state index contributed by atoms with van der Waals surface area (Å²) in [5, 5.41) is 3.97. The van der Waals surface area contributed by atoms with Gasteiger partial charge < -0.3 is 15.0 Å². The molecule has 5 nitrogen and oxygen atoms in total. The van der Waals surface area contributed by atoms with Gasteiger partial charge in [-0.3, -0.25) is 9.59 Å². The second kappa shape index (κ2) is 10.9. The van der Waals surface area contributed by atoms with E-state index in [1.54, 1.807) is 31.2 Å². The van der Waals surface area contributed by atoms with E-state index in [1.165, 1.54) is 4.90 Å². The molecule has 166 valence electrons. The van der Waals surface area contributed by atoms with Crippen LogP contribution in [0.25, 0.3) is 0 Å². The Morgan fingerprint density at radius 1 is 1.13 bits per heavy atom. The van der Waals surface area contributed by atoms with Crippen molar-refractivity contribution in [2.45, 2.75) is 58.2 Å². The summed E-state index contributed by atoms with van der Waals surface area (Å²) in [7, 11) is 0. The number of benzene rings is 2. The molecule has 1 N–H and O–H groups in total. The molecule has 1 aliphatic rings. The Hall–Kier alpha value is -2.24. The molecule has 2 aromatic carbocycles. The maximum atomic E-state index is 13.1. The van der Waals surface area contributed by atoms with E-state index in [0.29, 0.717) is 21.4 Å². The zero-order valence-corrected chi connectivity index (χ0v) is 19.4. The highest BCUT2D eigenvalue weighted by Gasteiger charge is 2.29. The summed E-state index contributed by atoms with van der Waals surface area (Å²) in [6.45, 7) is 3.61. The first kappa shape index (κ1) is 23.4. The van der Waals surface area contributed by atoms with Crippen molar-refractivity contribution >= 4 is 35.0 Å². The fourth-order valence-electron chi connectivity index (χ4n) is 3.76. The summed E-state index contributed by atoms with van der Waals surface area (Å²) in [6.07, 6.45) is 4.17. The number of amides is 2. The van der Waals surface area contributed by atoms with Gasteiger partial charge in [0, 0.05) is 28.2 Å². The lowest BCUT2D eigenvalue weighted by Gasteiger charge is -2.30. The Balaban J connectivity index is 1.76. The number of halogens is 2. The lowest BCUT2D eigenvalue weighted by molar-refractivity contribution is -0.142. The van der Waals surface area contributed by atoms with Crippen molar-refractivity contribution in [3.8, 4) is 5.75 Å². The van der Waals surface area contributed by atoms with Crippen molar-refractivity contribution in [2.24, 2.45) is 0 Å². The van der Waals surface area contributed by atoms with E-state index in [4.69, 9.17) is 27.9 Å². The Morgan fingerprint density at radius 3 is 2.42 bits per heavy atom. The first-order chi connectivity index (χ1) is 14.8. The number of hydrogen-bond donors (Lipinski definition) is 1. The van der Waals surface area contributed by atoms with Gasteiger partial charge in [0.25, 0.3) is 5.91 Å². The number of rotatable bonds is 8. The standard InChI is InChI=1S/C24H28Cl2N2O3/c1-16-7-5-10-19(13-16)31-15-23(29)28(14-20-21(25)11-6-12-22(20)26)17(2)24(30)27-18-8-3-4-9-18/h5-7,10-13,17-18H,3-4,8-9,14-15H2,1-2H3,(H,27,30)/t17-/m0/s1. The molecule has 1 aliphatic carbocycles. The second-order valence-electron chi connectivity index (χ2n) is 7.99. The van der Waals surface area contributed by atoms with Crippen LogP contribution in [0.15, 0.2) is 42.5 Å². The summed E-state index contributed by atoms with van der Waals surface area (Å²) in [5.41, 5.74) is 1.64. The van der Waals surface area contributed by atoms with Crippen LogP contribution in [0.4, 0.5) is 0 Å². The number of aryl methyl sites for hydroxylation is 1. The van der Waals surface area contributed by atoms with E-state index in [0.717, 1.165) is 31.2 Å². The fourth-order valence-corrected chi connectivity index (χ4v) is 4.28. The Morgan fingerprint density at radius 2 is 1.77 bits per heavy atom. The zero-order valence-electron chi connectivity index (χ0n) is 17.9. The van der Waals surface area contributed by atoms with Crippen molar-refractivity contribution in [1.29, 1.82) is 0 Å². The molecule has 7 heteroatoms. The van der Waals surface area contributed by atoms with Gasteiger partial charge in [0.15, 0.2) is 6.61 Å².